The minimum Gasteiger partial charge on any atom is -0.324 e. The summed E-state index contributed by atoms with van der Waals surface area (Å²) >= 11 is 11.5. The third-order valence-corrected chi connectivity index (χ3v) is 3.52. The highest BCUT2D eigenvalue weighted by atomic mass is 35.5. The van der Waals surface area contributed by atoms with Crippen molar-refractivity contribution in [2.24, 2.45) is 5.73 Å². The Morgan fingerprint density at radius 1 is 1.00 bits per heavy atom. The van der Waals surface area contributed by atoms with Gasteiger partial charge in [0.25, 0.3) is 0 Å². The Kier molecular flexibility index (Phi) is 4.40. The van der Waals surface area contributed by atoms with Gasteiger partial charge < -0.3 is 5.73 Å². The summed E-state index contributed by atoms with van der Waals surface area (Å²) in [4.78, 5) is 0. The zero-order valence-electron chi connectivity index (χ0n) is 9.84. The number of benzene rings is 2. The van der Waals surface area contributed by atoms with E-state index in [4.69, 9.17) is 28.9 Å². The van der Waals surface area contributed by atoms with Crippen molar-refractivity contribution in [2.75, 3.05) is 0 Å². The molecule has 2 rings (SSSR count). The Labute approximate surface area is 119 Å². The second-order valence-corrected chi connectivity index (χ2v) is 5.00. The van der Waals surface area contributed by atoms with E-state index in [0.29, 0.717) is 16.1 Å². The molecule has 0 spiro atoms. The lowest BCUT2D eigenvalue weighted by atomic mass is 9.99. The topological polar surface area (TPSA) is 26.0 Å². The fourth-order valence-corrected chi connectivity index (χ4v) is 2.17. The van der Waals surface area contributed by atoms with Crippen LogP contribution in [0.25, 0.3) is 0 Å². The molecule has 0 bridgehead atoms. The number of rotatable bonds is 3. The van der Waals surface area contributed by atoms with Crippen molar-refractivity contribution in [3.8, 4) is 0 Å². The summed E-state index contributed by atoms with van der Waals surface area (Å²) in [5, 5.41) is 0.338. The van der Waals surface area contributed by atoms with Gasteiger partial charge in [0, 0.05) is 16.6 Å². The Hall–Kier alpha value is -1.16. The number of hydrogen-bond donors (Lipinski definition) is 1. The maximum atomic E-state index is 13.6. The molecule has 0 aliphatic heterocycles. The van der Waals surface area contributed by atoms with Gasteiger partial charge in [0.15, 0.2) is 0 Å². The second kappa shape index (κ2) is 5.87. The van der Waals surface area contributed by atoms with Gasteiger partial charge in [-0.2, -0.15) is 0 Å². The minimum absolute atomic E-state index is 0.0277. The molecule has 1 unspecified atom stereocenters. The summed E-state index contributed by atoms with van der Waals surface area (Å²) in [6, 6.07) is 8.17. The van der Waals surface area contributed by atoms with Crippen molar-refractivity contribution in [3.63, 3.8) is 0 Å². The van der Waals surface area contributed by atoms with E-state index in [-0.39, 0.29) is 11.4 Å². The van der Waals surface area contributed by atoms with Gasteiger partial charge in [0.1, 0.15) is 11.6 Å². The maximum absolute atomic E-state index is 13.6. The van der Waals surface area contributed by atoms with Crippen LogP contribution in [0.2, 0.25) is 10.0 Å². The summed E-state index contributed by atoms with van der Waals surface area (Å²) in [6.07, 6.45) is 0.187. The van der Waals surface area contributed by atoms with E-state index < -0.39 is 17.7 Å². The zero-order valence-corrected chi connectivity index (χ0v) is 11.3. The molecule has 19 heavy (non-hydrogen) atoms. The molecule has 2 N–H and O–H groups in total. The first-order valence-electron chi connectivity index (χ1n) is 5.62. The zero-order chi connectivity index (χ0) is 14.0. The van der Waals surface area contributed by atoms with Crippen LogP contribution < -0.4 is 5.73 Å². The van der Waals surface area contributed by atoms with E-state index in [1.54, 1.807) is 12.1 Å². The van der Waals surface area contributed by atoms with Crippen molar-refractivity contribution in [1.29, 1.82) is 0 Å². The van der Waals surface area contributed by atoms with Gasteiger partial charge >= 0.3 is 0 Å². The number of halogens is 4. The molecule has 0 radical (unpaired) electrons. The summed E-state index contributed by atoms with van der Waals surface area (Å²) < 4.78 is 27.0. The summed E-state index contributed by atoms with van der Waals surface area (Å²) in [5.74, 6) is -0.966. The molecular weight excluding hydrogens is 291 g/mol. The molecule has 1 atom stereocenters. The first-order chi connectivity index (χ1) is 8.99. The molecule has 5 heteroatoms. The van der Waals surface area contributed by atoms with Crippen molar-refractivity contribution in [2.45, 2.75) is 12.5 Å². The van der Waals surface area contributed by atoms with Gasteiger partial charge in [-0.1, -0.05) is 35.3 Å². The monoisotopic (exact) mass is 301 g/mol. The van der Waals surface area contributed by atoms with E-state index >= 15 is 0 Å². The smallest absolute Gasteiger partial charge is 0.142 e. The van der Waals surface area contributed by atoms with Crippen molar-refractivity contribution in [3.05, 3.63) is 69.2 Å². The summed E-state index contributed by atoms with van der Waals surface area (Å²) in [5.41, 5.74) is 6.82. The average Bonchev–Trinajstić information content (AvgIpc) is 2.37. The molecule has 0 aliphatic carbocycles. The largest absolute Gasteiger partial charge is 0.324 e. The SMILES string of the molecule is NC(Cc1c(F)cccc1Cl)c1ccc(Cl)c(F)c1. The molecule has 0 amide bonds. The Balaban J connectivity index is 2.25. The standard InChI is InChI=1S/C14H11Cl2F2N/c15-10-2-1-3-12(17)9(10)7-14(19)8-4-5-11(16)13(18)6-8/h1-6,14H,7,19H2. The Morgan fingerprint density at radius 3 is 2.37 bits per heavy atom. The van der Waals surface area contributed by atoms with E-state index in [9.17, 15) is 8.78 Å². The van der Waals surface area contributed by atoms with Crippen LogP contribution in [0.1, 0.15) is 17.2 Å². The third-order valence-electron chi connectivity index (χ3n) is 2.86. The highest BCUT2D eigenvalue weighted by molar-refractivity contribution is 6.31. The first-order valence-corrected chi connectivity index (χ1v) is 6.38. The van der Waals surface area contributed by atoms with Crippen molar-refractivity contribution in [1.82, 2.24) is 0 Å². The van der Waals surface area contributed by atoms with E-state index in [1.807, 2.05) is 0 Å². The Morgan fingerprint density at radius 2 is 1.74 bits per heavy atom. The lowest BCUT2D eigenvalue weighted by Crippen LogP contribution is -2.14. The summed E-state index contributed by atoms with van der Waals surface area (Å²) in [7, 11) is 0. The molecule has 0 saturated heterocycles. The van der Waals surface area contributed by atoms with Crippen LogP contribution in [0.5, 0.6) is 0 Å². The molecule has 0 aromatic heterocycles. The van der Waals surface area contributed by atoms with Crippen molar-refractivity contribution < 1.29 is 8.78 Å². The van der Waals surface area contributed by atoms with Crippen LogP contribution in [0.4, 0.5) is 8.78 Å². The average molecular weight is 302 g/mol. The van der Waals surface area contributed by atoms with Gasteiger partial charge in [-0.15, -0.1) is 0 Å². The molecule has 0 heterocycles. The van der Waals surface area contributed by atoms with Crippen LogP contribution in [0.3, 0.4) is 0 Å². The Bertz CT molecular complexity index is 582. The van der Waals surface area contributed by atoms with Crippen molar-refractivity contribution >= 4 is 23.2 Å². The number of hydrogen-bond acceptors (Lipinski definition) is 1. The van der Waals surface area contributed by atoms with E-state index in [0.717, 1.165) is 0 Å². The van der Waals surface area contributed by atoms with Crippen LogP contribution in [0, 0.1) is 11.6 Å². The molecule has 1 nitrogen and oxygen atoms in total. The lowest BCUT2D eigenvalue weighted by molar-refractivity contribution is 0.589. The first kappa shape index (κ1) is 14.3. The molecule has 0 aliphatic rings. The molecule has 0 saturated carbocycles. The van der Waals surface area contributed by atoms with E-state index in [1.165, 1.54) is 24.3 Å². The maximum Gasteiger partial charge on any atom is 0.142 e. The van der Waals surface area contributed by atoms with Crippen LogP contribution in [-0.2, 0) is 6.42 Å². The highest BCUT2D eigenvalue weighted by Gasteiger charge is 2.14. The quantitative estimate of drug-likeness (QED) is 0.886. The fourth-order valence-electron chi connectivity index (χ4n) is 1.81. The molecule has 0 fully saturated rings. The predicted octanol–water partition coefficient (Wildman–Crippen LogP) is 4.51. The number of nitrogens with two attached hydrogens (primary N) is 1. The van der Waals surface area contributed by atoms with Gasteiger partial charge in [0.05, 0.1) is 5.02 Å². The minimum atomic E-state index is -0.554. The fraction of sp³-hybridized carbons (Fsp3) is 0.143. The third kappa shape index (κ3) is 3.24. The highest BCUT2D eigenvalue weighted by Crippen LogP contribution is 2.26. The van der Waals surface area contributed by atoms with E-state index in [2.05, 4.69) is 0 Å². The van der Waals surface area contributed by atoms with Crippen LogP contribution >= 0.6 is 23.2 Å². The molecular formula is C14H11Cl2F2N. The van der Waals surface area contributed by atoms with Gasteiger partial charge in [-0.05, 0) is 36.2 Å². The predicted molar refractivity (Wildman–Crippen MR) is 73.5 cm³/mol. The molecule has 100 valence electrons. The lowest BCUT2D eigenvalue weighted by Gasteiger charge is -2.14. The van der Waals surface area contributed by atoms with Crippen LogP contribution in [-0.4, -0.2) is 0 Å². The normalized spacial score (nSPS) is 12.5. The molecule has 2 aromatic carbocycles. The van der Waals surface area contributed by atoms with Gasteiger partial charge in [-0.3, -0.25) is 0 Å². The second-order valence-electron chi connectivity index (χ2n) is 4.18. The van der Waals surface area contributed by atoms with Crippen LogP contribution in [0.15, 0.2) is 36.4 Å². The van der Waals surface area contributed by atoms with Gasteiger partial charge in [-0.25, -0.2) is 8.78 Å². The summed E-state index contributed by atoms with van der Waals surface area (Å²) in [6.45, 7) is 0. The molecule has 2 aromatic rings. The van der Waals surface area contributed by atoms with Gasteiger partial charge in [0.2, 0.25) is 0 Å².